The molecule has 0 saturated carbocycles. The van der Waals surface area contributed by atoms with E-state index in [-0.39, 0.29) is 10.8 Å². The fraction of sp³-hybridized carbons (Fsp3) is 0.882. The summed E-state index contributed by atoms with van der Waals surface area (Å²) >= 11 is 6.68. The molecule has 1 aliphatic heterocycles. The summed E-state index contributed by atoms with van der Waals surface area (Å²) in [6, 6.07) is 0. The Kier molecular flexibility index (Phi) is 5.20. The molecule has 1 heterocycles. The number of alkyl halides is 1. The Balaban J connectivity index is 2.14. The van der Waals surface area contributed by atoms with E-state index in [0.29, 0.717) is 13.2 Å². The summed E-state index contributed by atoms with van der Waals surface area (Å²) in [6.07, 6.45) is 7.22. The van der Waals surface area contributed by atoms with Crippen LogP contribution in [0.1, 0.15) is 66.2 Å². The van der Waals surface area contributed by atoms with Crippen LogP contribution in [0, 0.1) is 5.41 Å². The van der Waals surface area contributed by atoms with Gasteiger partial charge in [-0.15, -0.1) is 11.6 Å². The Labute approximate surface area is 128 Å². The predicted molar refractivity (Wildman–Crippen MR) is 84.1 cm³/mol. The minimum Gasteiger partial charge on any atom is -0.346 e. The van der Waals surface area contributed by atoms with Crippen LogP contribution in [0.5, 0.6) is 0 Å². The molecule has 0 aromatic carbocycles. The van der Waals surface area contributed by atoms with Crippen molar-refractivity contribution in [3.8, 4) is 0 Å². The lowest BCUT2D eigenvalue weighted by Crippen LogP contribution is -2.49. The third kappa shape index (κ3) is 3.08. The van der Waals surface area contributed by atoms with Crippen molar-refractivity contribution >= 4 is 11.6 Å². The zero-order valence-electron chi connectivity index (χ0n) is 13.4. The molecular weight excluding hydrogens is 272 g/mol. The fourth-order valence-corrected chi connectivity index (χ4v) is 4.15. The molecule has 0 radical (unpaired) electrons. The molecule has 0 aromatic heterocycles. The second kappa shape index (κ2) is 6.37. The van der Waals surface area contributed by atoms with Crippen molar-refractivity contribution in [2.45, 2.75) is 77.4 Å². The molecule has 0 bridgehead atoms. The van der Waals surface area contributed by atoms with Crippen LogP contribution in [-0.2, 0) is 9.47 Å². The molecule has 1 spiro atoms. The van der Waals surface area contributed by atoms with Crippen LogP contribution in [0.15, 0.2) is 11.1 Å². The minimum absolute atomic E-state index is 0.117. The molecule has 1 unspecified atom stereocenters. The minimum atomic E-state index is -0.581. The number of ether oxygens (including phenoxy) is 2. The van der Waals surface area contributed by atoms with Gasteiger partial charge in [-0.2, -0.15) is 0 Å². The Morgan fingerprint density at radius 1 is 1.15 bits per heavy atom. The number of allylic oxidation sites excluding steroid dienone is 1. The smallest absolute Gasteiger partial charge is 0.189 e. The van der Waals surface area contributed by atoms with E-state index >= 15 is 0 Å². The molecule has 0 N–H and O–H groups in total. The number of rotatable bonds is 5. The van der Waals surface area contributed by atoms with E-state index in [4.69, 9.17) is 21.1 Å². The number of hydrogen-bond donors (Lipinski definition) is 0. The van der Waals surface area contributed by atoms with Gasteiger partial charge < -0.3 is 9.47 Å². The molecule has 1 saturated heterocycles. The second-order valence-electron chi connectivity index (χ2n) is 6.90. The Morgan fingerprint density at radius 3 is 2.40 bits per heavy atom. The molecule has 2 nitrogen and oxygen atoms in total. The van der Waals surface area contributed by atoms with E-state index in [1.165, 1.54) is 36.8 Å². The molecule has 116 valence electrons. The van der Waals surface area contributed by atoms with Gasteiger partial charge in [0, 0.05) is 6.42 Å². The molecule has 3 heteroatoms. The summed E-state index contributed by atoms with van der Waals surface area (Å²) in [5, 5.41) is -0.140. The summed E-state index contributed by atoms with van der Waals surface area (Å²) in [7, 11) is 0. The van der Waals surface area contributed by atoms with Crippen molar-refractivity contribution in [2.24, 2.45) is 5.41 Å². The van der Waals surface area contributed by atoms with Crippen molar-refractivity contribution < 1.29 is 9.47 Å². The zero-order chi connectivity index (χ0) is 14.8. The lowest BCUT2D eigenvalue weighted by molar-refractivity contribution is -0.176. The zero-order valence-corrected chi connectivity index (χ0v) is 14.2. The second-order valence-corrected chi connectivity index (χ2v) is 7.34. The predicted octanol–water partition coefficient (Wildman–Crippen LogP) is 5.05. The topological polar surface area (TPSA) is 18.5 Å². The van der Waals surface area contributed by atoms with Gasteiger partial charge in [-0.25, -0.2) is 0 Å². The SMILES string of the molecule is CCCCCCC1=C(C)C(Cl)C2(CC1(C)C)OCCO2. The first-order valence-corrected chi connectivity index (χ1v) is 8.49. The van der Waals surface area contributed by atoms with Gasteiger partial charge in [0.1, 0.15) is 5.38 Å². The standard InChI is InChI=1S/C17H29ClO2/c1-5-6-7-8-9-14-13(2)15(18)17(12-16(14,3)4)19-10-11-20-17/h15H,5-12H2,1-4H3. The Bertz CT molecular complexity index is 367. The normalized spacial score (nSPS) is 28.4. The van der Waals surface area contributed by atoms with Gasteiger partial charge in [-0.1, -0.05) is 51.2 Å². The van der Waals surface area contributed by atoms with Crippen molar-refractivity contribution in [3.63, 3.8) is 0 Å². The fourth-order valence-electron chi connectivity index (χ4n) is 3.81. The summed E-state index contributed by atoms with van der Waals surface area (Å²) in [4.78, 5) is 0. The van der Waals surface area contributed by atoms with Gasteiger partial charge in [-0.05, 0) is 25.2 Å². The van der Waals surface area contributed by atoms with Gasteiger partial charge >= 0.3 is 0 Å². The maximum Gasteiger partial charge on any atom is 0.189 e. The molecule has 20 heavy (non-hydrogen) atoms. The first-order chi connectivity index (χ1) is 9.43. The highest BCUT2D eigenvalue weighted by Crippen LogP contribution is 2.51. The molecular formula is C17H29ClO2. The molecule has 1 atom stereocenters. The third-order valence-electron chi connectivity index (χ3n) is 4.80. The Hall–Kier alpha value is -0.0500. The molecule has 1 fully saturated rings. The van der Waals surface area contributed by atoms with Crippen LogP contribution < -0.4 is 0 Å². The van der Waals surface area contributed by atoms with Crippen LogP contribution in [0.3, 0.4) is 0 Å². The van der Waals surface area contributed by atoms with Crippen molar-refractivity contribution in [3.05, 3.63) is 11.1 Å². The van der Waals surface area contributed by atoms with Gasteiger partial charge in [0.2, 0.25) is 0 Å². The molecule has 0 aromatic rings. The highest BCUT2D eigenvalue weighted by atomic mass is 35.5. The maximum atomic E-state index is 6.68. The van der Waals surface area contributed by atoms with E-state index in [0.717, 1.165) is 12.8 Å². The number of unbranched alkanes of at least 4 members (excludes halogenated alkanes) is 3. The number of hydrogen-bond acceptors (Lipinski definition) is 2. The lowest BCUT2D eigenvalue weighted by Gasteiger charge is -2.46. The molecule has 1 aliphatic carbocycles. The van der Waals surface area contributed by atoms with Crippen LogP contribution in [0.25, 0.3) is 0 Å². The summed E-state index contributed by atoms with van der Waals surface area (Å²) < 4.78 is 11.8. The maximum absolute atomic E-state index is 6.68. The van der Waals surface area contributed by atoms with E-state index < -0.39 is 5.79 Å². The highest BCUT2D eigenvalue weighted by molar-refractivity contribution is 6.23. The van der Waals surface area contributed by atoms with Crippen LogP contribution in [0.4, 0.5) is 0 Å². The van der Waals surface area contributed by atoms with Crippen molar-refractivity contribution in [1.29, 1.82) is 0 Å². The average molecular weight is 301 g/mol. The van der Waals surface area contributed by atoms with Gasteiger partial charge in [0.15, 0.2) is 5.79 Å². The van der Waals surface area contributed by atoms with E-state index in [9.17, 15) is 0 Å². The van der Waals surface area contributed by atoms with Crippen LogP contribution in [0.2, 0.25) is 0 Å². The van der Waals surface area contributed by atoms with E-state index in [1.54, 1.807) is 0 Å². The third-order valence-corrected chi connectivity index (χ3v) is 5.46. The molecule has 0 amide bonds. The van der Waals surface area contributed by atoms with Gasteiger partial charge in [0.25, 0.3) is 0 Å². The van der Waals surface area contributed by atoms with E-state index in [2.05, 4.69) is 27.7 Å². The summed E-state index contributed by atoms with van der Waals surface area (Å²) in [5.41, 5.74) is 2.92. The monoisotopic (exact) mass is 300 g/mol. The quantitative estimate of drug-likeness (QED) is 0.402. The number of halogens is 1. The summed E-state index contributed by atoms with van der Waals surface area (Å²) in [5.74, 6) is -0.581. The van der Waals surface area contributed by atoms with Crippen LogP contribution in [-0.4, -0.2) is 24.4 Å². The Morgan fingerprint density at radius 2 is 1.80 bits per heavy atom. The first kappa shape index (κ1) is 16.3. The van der Waals surface area contributed by atoms with Gasteiger partial charge in [0.05, 0.1) is 13.2 Å². The van der Waals surface area contributed by atoms with E-state index in [1.807, 2.05) is 0 Å². The van der Waals surface area contributed by atoms with Crippen molar-refractivity contribution in [1.82, 2.24) is 0 Å². The molecule has 2 aliphatic rings. The largest absolute Gasteiger partial charge is 0.346 e. The van der Waals surface area contributed by atoms with Crippen molar-refractivity contribution in [2.75, 3.05) is 13.2 Å². The lowest BCUT2D eigenvalue weighted by atomic mass is 9.68. The highest BCUT2D eigenvalue weighted by Gasteiger charge is 2.52. The van der Waals surface area contributed by atoms with Gasteiger partial charge in [-0.3, -0.25) is 0 Å². The molecule has 2 rings (SSSR count). The van der Waals surface area contributed by atoms with Crippen LogP contribution >= 0.6 is 11.6 Å². The average Bonchev–Trinajstić information content (AvgIpc) is 2.84. The summed E-state index contributed by atoms with van der Waals surface area (Å²) in [6.45, 7) is 10.4. The first-order valence-electron chi connectivity index (χ1n) is 8.05.